The number of thioether (sulfide) groups is 1. The number of hydrogen-bond donors (Lipinski definition) is 0. The van der Waals surface area contributed by atoms with Crippen LogP contribution in [-0.2, 0) is 4.74 Å². The van der Waals surface area contributed by atoms with Crippen molar-refractivity contribution in [1.29, 1.82) is 0 Å². The van der Waals surface area contributed by atoms with Crippen LogP contribution in [0.2, 0.25) is 0 Å². The van der Waals surface area contributed by atoms with Crippen LogP contribution in [0.4, 0.5) is 4.79 Å². The smallest absolute Gasteiger partial charge is 0.409 e. The van der Waals surface area contributed by atoms with E-state index in [1.54, 1.807) is 4.90 Å². The Morgan fingerprint density at radius 3 is 2.43 bits per heavy atom. The summed E-state index contributed by atoms with van der Waals surface area (Å²) in [5.41, 5.74) is -0.0399. The summed E-state index contributed by atoms with van der Waals surface area (Å²) in [7, 11) is 1.83. The van der Waals surface area contributed by atoms with Crippen molar-refractivity contribution >= 4 is 17.9 Å². The summed E-state index contributed by atoms with van der Waals surface area (Å²) >= 11 is 1.93. The highest BCUT2D eigenvalue weighted by Gasteiger charge is 2.53. The van der Waals surface area contributed by atoms with Crippen LogP contribution in [-0.4, -0.2) is 35.4 Å². The molecule has 23 heavy (non-hydrogen) atoms. The topological polar surface area (TPSA) is 29.5 Å². The second-order valence-corrected chi connectivity index (χ2v) is 9.14. The van der Waals surface area contributed by atoms with E-state index in [0.717, 1.165) is 19.4 Å². The van der Waals surface area contributed by atoms with Crippen LogP contribution in [0.15, 0.2) is 35.2 Å². The van der Waals surface area contributed by atoms with Gasteiger partial charge in [-0.15, -0.1) is 11.8 Å². The van der Waals surface area contributed by atoms with Crippen LogP contribution in [0.1, 0.15) is 46.0 Å². The number of ether oxygens (including phenoxy) is 1. The van der Waals surface area contributed by atoms with Crippen molar-refractivity contribution in [3.63, 3.8) is 0 Å². The van der Waals surface area contributed by atoms with Crippen molar-refractivity contribution in [3.05, 3.63) is 30.3 Å². The molecule has 2 fully saturated rings. The molecule has 3 rings (SSSR count). The molecule has 1 aliphatic heterocycles. The Kier molecular flexibility index (Phi) is 4.63. The van der Waals surface area contributed by atoms with Crippen LogP contribution < -0.4 is 0 Å². The number of rotatable bonds is 3. The number of amides is 1. The predicted molar refractivity (Wildman–Crippen MR) is 94.8 cm³/mol. The lowest BCUT2D eigenvalue weighted by Crippen LogP contribution is -2.60. The van der Waals surface area contributed by atoms with Gasteiger partial charge in [0.25, 0.3) is 0 Å². The minimum Gasteiger partial charge on any atom is -0.444 e. The number of cyclic esters (lactones) is 1. The molecule has 2 aliphatic rings. The Hall–Kier alpha value is -1.16. The fraction of sp³-hybridized carbons (Fsp3) is 0.632. The third kappa shape index (κ3) is 3.37. The average molecular weight is 333 g/mol. The lowest BCUT2D eigenvalue weighted by Gasteiger charge is -2.52. The summed E-state index contributed by atoms with van der Waals surface area (Å²) in [5.74, 6) is 0. The average Bonchev–Trinajstić information content (AvgIpc) is 2.52. The van der Waals surface area contributed by atoms with Gasteiger partial charge in [0.05, 0.1) is 4.75 Å². The molecule has 0 aromatic heterocycles. The molecule has 1 aliphatic carbocycles. The van der Waals surface area contributed by atoms with E-state index in [9.17, 15) is 4.79 Å². The fourth-order valence-electron chi connectivity index (χ4n) is 4.22. The van der Waals surface area contributed by atoms with Crippen molar-refractivity contribution < 1.29 is 9.53 Å². The maximum absolute atomic E-state index is 12.2. The molecular formula is C19H27NO2S. The number of carbonyl (C=O) groups is 1. The normalized spacial score (nSPS) is 26.7. The SMILES string of the molecule is CN1CC(C)(C)C(C2(Sc3ccccc3)CCCCC2)OC1=O. The quantitative estimate of drug-likeness (QED) is 0.783. The molecule has 0 N–H and O–H groups in total. The molecule has 1 saturated carbocycles. The monoisotopic (exact) mass is 333 g/mol. The summed E-state index contributed by atoms with van der Waals surface area (Å²) in [6, 6.07) is 10.6. The van der Waals surface area contributed by atoms with Gasteiger partial charge >= 0.3 is 6.09 Å². The molecule has 0 spiro atoms. The van der Waals surface area contributed by atoms with Crippen LogP contribution in [0.5, 0.6) is 0 Å². The van der Waals surface area contributed by atoms with Gasteiger partial charge in [-0.25, -0.2) is 4.79 Å². The maximum atomic E-state index is 12.2. The molecule has 4 heteroatoms. The molecular weight excluding hydrogens is 306 g/mol. The Morgan fingerprint density at radius 2 is 1.78 bits per heavy atom. The van der Waals surface area contributed by atoms with Gasteiger partial charge in [-0.2, -0.15) is 0 Å². The molecule has 1 unspecified atom stereocenters. The van der Waals surface area contributed by atoms with Crippen LogP contribution in [0.25, 0.3) is 0 Å². The van der Waals surface area contributed by atoms with E-state index >= 15 is 0 Å². The Balaban J connectivity index is 1.93. The van der Waals surface area contributed by atoms with Gasteiger partial charge in [-0.05, 0) is 25.0 Å². The van der Waals surface area contributed by atoms with Crippen molar-refractivity contribution in [2.45, 2.75) is 61.7 Å². The minimum atomic E-state index is -0.173. The zero-order valence-electron chi connectivity index (χ0n) is 14.4. The zero-order valence-corrected chi connectivity index (χ0v) is 15.2. The molecule has 126 valence electrons. The summed E-state index contributed by atoms with van der Waals surface area (Å²) in [5, 5.41) is 0. The summed E-state index contributed by atoms with van der Waals surface area (Å²) in [6.45, 7) is 5.23. The number of carbonyl (C=O) groups excluding carboxylic acids is 1. The van der Waals surface area contributed by atoms with Crippen molar-refractivity contribution in [2.75, 3.05) is 13.6 Å². The van der Waals surface area contributed by atoms with E-state index in [2.05, 4.69) is 44.2 Å². The zero-order chi connectivity index (χ0) is 16.5. The van der Waals surface area contributed by atoms with Gasteiger partial charge in [0.15, 0.2) is 0 Å². The van der Waals surface area contributed by atoms with E-state index in [1.165, 1.54) is 24.2 Å². The fourth-order valence-corrected chi connectivity index (χ4v) is 5.95. The standard InChI is InChI=1S/C19H27NO2S/c1-18(2)14-20(3)17(21)22-16(18)19(12-8-5-9-13-19)23-15-10-6-4-7-11-15/h4,6-7,10-11,16H,5,8-9,12-14H2,1-3H3. The lowest BCUT2D eigenvalue weighted by atomic mass is 9.72. The number of benzene rings is 1. The van der Waals surface area contributed by atoms with Crippen LogP contribution >= 0.6 is 11.8 Å². The minimum absolute atomic E-state index is 0.0000231. The van der Waals surface area contributed by atoms with Crippen molar-refractivity contribution in [2.24, 2.45) is 5.41 Å². The van der Waals surface area contributed by atoms with Gasteiger partial charge in [-0.3, -0.25) is 0 Å². The molecule has 0 radical (unpaired) electrons. The first-order valence-corrected chi connectivity index (χ1v) is 9.40. The van der Waals surface area contributed by atoms with Gasteiger partial charge in [0, 0.05) is 23.9 Å². The highest BCUT2D eigenvalue weighted by Crippen LogP contribution is 2.52. The molecule has 1 aromatic rings. The summed E-state index contributed by atoms with van der Waals surface area (Å²) in [6.07, 6.45) is 5.77. The molecule has 1 atom stereocenters. The largest absolute Gasteiger partial charge is 0.444 e. The van der Waals surface area contributed by atoms with E-state index in [1.807, 2.05) is 18.8 Å². The maximum Gasteiger partial charge on any atom is 0.409 e. The Labute approximate surface area is 143 Å². The third-order valence-electron chi connectivity index (χ3n) is 5.13. The second-order valence-electron chi connectivity index (χ2n) is 7.65. The van der Waals surface area contributed by atoms with E-state index in [4.69, 9.17) is 4.74 Å². The first-order valence-electron chi connectivity index (χ1n) is 8.59. The van der Waals surface area contributed by atoms with Gasteiger partial charge < -0.3 is 9.64 Å². The molecule has 3 nitrogen and oxygen atoms in total. The second kappa shape index (κ2) is 6.39. The van der Waals surface area contributed by atoms with Gasteiger partial charge in [0.2, 0.25) is 0 Å². The number of nitrogens with zero attached hydrogens (tertiary/aromatic N) is 1. The van der Waals surface area contributed by atoms with Crippen LogP contribution in [0.3, 0.4) is 0 Å². The van der Waals surface area contributed by atoms with E-state index in [-0.39, 0.29) is 22.4 Å². The van der Waals surface area contributed by atoms with Crippen molar-refractivity contribution in [1.82, 2.24) is 4.90 Å². The van der Waals surface area contributed by atoms with Gasteiger partial charge in [-0.1, -0.05) is 51.3 Å². The first kappa shape index (κ1) is 16.7. The van der Waals surface area contributed by atoms with E-state index in [0.29, 0.717) is 0 Å². The van der Waals surface area contributed by atoms with Crippen LogP contribution in [0, 0.1) is 5.41 Å². The molecule has 1 aromatic carbocycles. The summed E-state index contributed by atoms with van der Waals surface area (Å²) in [4.78, 5) is 15.2. The number of hydrogen-bond acceptors (Lipinski definition) is 3. The molecule has 1 amide bonds. The van der Waals surface area contributed by atoms with E-state index < -0.39 is 0 Å². The Bertz CT molecular complexity index is 552. The molecule has 0 bridgehead atoms. The predicted octanol–water partition coefficient (Wildman–Crippen LogP) is 4.96. The lowest BCUT2D eigenvalue weighted by molar-refractivity contribution is -0.0682. The third-order valence-corrected chi connectivity index (χ3v) is 6.66. The summed E-state index contributed by atoms with van der Waals surface area (Å²) < 4.78 is 6.00. The molecule has 1 heterocycles. The van der Waals surface area contributed by atoms with Crippen molar-refractivity contribution in [3.8, 4) is 0 Å². The highest BCUT2D eigenvalue weighted by molar-refractivity contribution is 8.00. The highest BCUT2D eigenvalue weighted by atomic mass is 32.2. The first-order chi connectivity index (χ1) is 10.9. The van der Waals surface area contributed by atoms with Gasteiger partial charge in [0.1, 0.15) is 6.10 Å². The molecule has 1 saturated heterocycles. The Morgan fingerprint density at radius 1 is 1.13 bits per heavy atom.